The third-order valence-corrected chi connectivity index (χ3v) is 7.12. The fourth-order valence-corrected chi connectivity index (χ4v) is 5.75. The molecule has 6 atom stereocenters. The normalized spacial score (nSPS) is 37.0. The standard InChI is InChI=1S/C21H36O4/c1-13(2)20(12-23)17-8-14(3)7-16-18(15(4)11-22)9-21(10-19(16)17)24-5-6-25-21/h7,13,15-20,22-23H,5-6,8-12H2,1-4H3/t15-,16-,17-,18+,19+,20-/m1/s1. The number of fused-ring (bicyclic) bond motifs is 1. The first kappa shape index (κ1) is 19.3. The van der Waals surface area contributed by atoms with E-state index < -0.39 is 5.79 Å². The average Bonchev–Trinajstić information content (AvgIpc) is 3.02. The second-order valence-electron chi connectivity index (χ2n) is 9.05. The number of aliphatic hydroxyl groups excluding tert-OH is 2. The summed E-state index contributed by atoms with van der Waals surface area (Å²) in [4.78, 5) is 0. The molecule has 1 saturated carbocycles. The molecule has 1 spiro atoms. The van der Waals surface area contributed by atoms with Gasteiger partial charge in [0.15, 0.2) is 5.79 Å². The summed E-state index contributed by atoms with van der Waals surface area (Å²) in [6.45, 7) is 10.6. The number of hydrogen-bond acceptors (Lipinski definition) is 4. The zero-order chi connectivity index (χ0) is 18.2. The lowest BCUT2D eigenvalue weighted by Gasteiger charge is -2.53. The van der Waals surface area contributed by atoms with E-state index in [1.165, 1.54) is 5.57 Å². The van der Waals surface area contributed by atoms with Crippen LogP contribution in [-0.4, -0.2) is 42.4 Å². The van der Waals surface area contributed by atoms with Gasteiger partial charge in [-0.1, -0.05) is 32.4 Å². The van der Waals surface area contributed by atoms with Gasteiger partial charge in [0.05, 0.1) is 13.2 Å². The molecule has 144 valence electrons. The molecule has 1 heterocycles. The summed E-state index contributed by atoms with van der Waals surface area (Å²) < 4.78 is 12.2. The highest BCUT2D eigenvalue weighted by Gasteiger charge is 2.54. The molecule has 2 fully saturated rings. The lowest BCUT2D eigenvalue weighted by molar-refractivity contribution is -0.219. The molecule has 0 aromatic rings. The van der Waals surface area contributed by atoms with Gasteiger partial charge in [0.25, 0.3) is 0 Å². The molecule has 1 aliphatic heterocycles. The molecule has 4 nitrogen and oxygen atoms in total. The molecule has 3 rings (SSSR count). The lowest BCUT2D eigenvalue weighted by atomic mass is 9.55. The van der Waals surface area contributed by atoms with E-state index in [1.54, 1.807) is 0 Å². The van der Waals surface area contributed by atoms with Crippen LogP contribution >= 0.6 is 0 Å². The van der Waals surface area contributed by atoms with Gasteiger partial charge in [0.2, 0.25) is 0 Å². The minimum absolute atomic E-state index is 0.204. The van der Waals surface area contributed by atoms with Crippen molar-refractivity contribution < 1.29 is 19.7 Å². The summed E-state index contributed by atoms with van der Waals surface area (Å²) in [6, 6.07) is 0. The Morgan fingerprint density at radius 2 is 1.76 bits per heavy atom. The molecule has 1 saturated heterocycles. The molecule has 0 bridgehead atoms. The smallest absolute Gasteiger partial charge is 0.169 e. The SMILES string of the molecule is CC1=C[C@@H]2[C@H]([C@H](C)CO)CC3(C[C@@H]2[C@H]([C@H](CO)C(C)C)C1)OCCO3. The fraction of sp³-hybridized carbons (Fsp3) is 0.905. The Morgan fingerprint density at radius 3 is 2.32 bits per heavy atom. The van der Waals surface area contributed by atoms with E-state index in [-0.39, 0.29) is 19.1 Å². The van der Waals surface area contributed by atoms with Crippen LogP contribution in [0, 0.1) is 41.4 Å². The molecule has 0 radical (unpaired) electrons. The van der Waals surface area contributed by atoms with Crippen LogP contribution < -0.4 is 0 Å². The highest BCUT2D eigenvalue weighted by atomic mass is 16.7. The monoisotopic (exact) mass is 352 g/mol. The highest BCUT2D eigenvalue weighted by molar-refractivity contribution is 5.15. The Kier molecular flexibility index (Phi) is 5.94. The molecular weight excluding hydrogens is 316 g/mol. The van der Waals surface area contributed by atoms with Gasteiger partial charge in [-0.2, -0.15) is 0 Å². The first-order valence-corrected chi connectivity index (χ1v) is 10.1. The maximum absolute atomic E-state index is 10.1. The summed E-state index contributed by atoms with van der Waals surface area (Å²) in [5, 5.41) is 19.9. The van der Waals surface area contributed by atoms with E-state index in [4.69, 9.17) is 9.47 Å². The van der Waals surface area contributed by atoms with Crippen LogP contribution in [0.1, 0.15) is 47.0 Å². The molecule has 4 heteroatoms. The molecule has 2 N–H and O–H groups in total. The van der Waals surface area contributed by atoms with Crippen molar-refractivity contribution in [2.24, 2.45) is 41.4 Å². The fourth-order valence-electron chi connectivity index (χ4n) is 5.75. The third kappa shape index (κ3) is 3.69. The second-order valence-corrected chi connectivity index (χ2v) is 9.05. The van der Waals surface area contributed by atoms with Crippen molar-refractivity contribution in [3.05, 3.63) is 11.6 Å². The summed E-state index contributed by atoms with van der Waals surface area (Å²) >= 11 is 0. The molecular formula is C21H36O4. The Balaban J connectivity index is 1.96. The lowest BCUT2D eigenvalue weighted by Crippen LogP contribution is -2.51. The van der Waals surface area contributed by atoms with Crippen LogP contribution in [0.5, 0.6) is 0 Å². The highest BCUT2D eigenvalue weighted by Crippen LogP contribution is 2.55. The van der Waals surface area contributed by atoms with E-state index in [0.29, 0.717) is 48.7 Å². The molecule has 0 aromatic carbocycles. The molecule has 0 amide bonds. The predicted molar refractivity (Wildman–Crippen MR) is 97.9 cm³/mol. The topological polar surface area (TPSA) is 58.9 Å². The van der Waals surface area contributed by atoms with Crippen molar-refractivity contribution in [1.29, 1.82) is 0 Å². The van der Waals surface area contributed by atoms with Crippen LogP contribution in [-0.2, 0) is 9.47 Å². The zero-order valence-corrected chi connectivity index (χ0v) is 16.3. The van der Waals surface area contributed by atoms with E-state index in [1.807, 2.05) is 0 Å². The Bertz CT molecular complexity index is 480. The molecule has 25 heavy (non-hydrogen) atoms. The number of aliphatic hydroxyl groups is 2. The van der Waals surface area contributed by atoms with E-state index in [0.717, 1.165) is 19.3 Å². The van der Waals surface area contributed by atoms with Crippen molar-refractivity contribution in [3.63, 3.8) is 0 Å². The largest absolute Gasteiger partial charge is 0.396 e. The van der Waals surface area contributed by atoms with Gasteiger partial charge in [-0.3, -0.25) is 0 Å². The first-order valence-electron chi connectivity index (χ1n) is 10.1. The summed E-state index contributed by atoms with van der Waals surface area (Å²) in [5.41, 5.74) is 1.43. The maximum atomic E-state index is 10.1. The van der Waals surface area contributed by atoms with Gasteiger partial charge < -0.3 is 19.7 Å². The van der Waals surface area contributed by atoms with Crippen LogP contribution in [0.25, 0.3) is 0 Å². The Morgan fingerprint density at radius 1 is 1.08 bits per heavy atom. The van der Waals surface area contributed by atoms with Crippen LogP contribution in [0.3, 0.4) is 0 Å². The average molecular weight is 353 g/mol. The van der Waals surface area contributed by atoms with Gasteiger partial charge in [0.1, 0.15) is 0 Å². The minimum Gasteiger partial charge on any atom is -0.396 e. The number of rotatable bonds is 5. The van der Waals surface area contributed by atoms with Crippen molar-refractivity contribution in [1.82, 2.24) is 0 Å². The number of allylic oxidation sites excluding steroid dienone is 2. The van der Waals surface area contributed by atoms with Gasteiger partial charge in [-0.15, -0.1) is 0 Å². The number of hydrogen-bond donors (Lipinski definition) is 2. The van der Waals surface area contributed by atoms with Gasteiger partial charge >= 0.3 is 0 Å². The van der Waals surface area contributed by atoms with Crippen LogP contribution in [0.15, 0.2) is 11.6 Å². The summed E-state index contributed by atoms with van der Waals surface area (Å²) in [7, 11) is 0. The number of ether oxygens (including phenoxy) is 2. The van der Waals surface area contributed by atoms with E-state index in [9.17, 15) is 10.2 Å². The van der Waals surface area contributed by atoms with Crippen molar-refractivity contribution in [2.75, 3.05) is 26.4 Å². The third-order valence-electron chi connectivity index (χ3n) is 7.12. The molecule has 0 aromatic heterocycles. The van der Waals surface area contributed by atoms with Crippen molar-refractivity contribution >= 4 is 0 Å². The minimum atomic E-state index is -0.469. The van der Waals surface area contributed by atoms with Gasteiger partial charge in [-0.05, 0) is 54.8 Å². The molecule has 2 aliphatic carbocycles. The van der Waals surface area contributed by atoms with E-state index >= 15 is 0 Å². The summed E-state index contributed by atoms with van der Waals surface area (Å²) in [5.74, 6) is 2.25. The zero-order valence-electron chi connectivity index (χ0n) is 16.3. The predicted octanol–water partition coefficient (Wildman–Crippen LogP) is 3.23. The summed E-state index contributed by atoms with van der Waals surface area (Å²) in [6.07, 6.45) is 5.30. The van der Waals surface area contributed by atoms with Gasteiger partial charge in [0, 0.05) is 26.1 Å². The second kappa shape index (κ2) is 7.67. The van der Waals surface area contributed by atoms with Crippen LogP contribution in [0.2, 0.25) is 0 Å². The Hall–Kier alpha value is -0.420. The molecule has 0 unspecified atom stereocenters. The van der Waals surface area contributed by atoms with Crippen molar-refractivity contribution in [2.45, 2.75) is 52.7 Å². The van der Waals surface area contributed by atoms with Crippen molar-refractivity contribution in [3.8, 4) is 0 Å². The van der Waals surface area contributed by atoms with E-state index in [2.05, 4.69) is 33.8 Å². The Labute approximate surface area is 152 Å². The first-order chi connectivity index (χ1) is 11.9. The molecule has 3 aliphatic rings. The quantitative estimate of drug-likeness (QED) is 0.746. The maximum Gasteiger partial charge on any atom is 0.169 e. The van der Waals surface area contributed by atoms with Gasteiger partial charge in [-0.25, -0.2) is 0 Å². The van der Waals surface area contributed by atoms with Crippen LogP contribution in [0.4, 0.5) is 0 Å².